The lowest BCUT2D eigenvalue weighted by Crippen LogP contribution is -2.48. The Morgan fingerprint density at radius 3 is 2.67 bits per heavy atom. The molecule has 4 rings (SSSR count). The lowest BCUT2D eigenvalue weighted by Gasteiger charge is -2.40. The Balaban J connectivity index is 1.60. The minimum Gasteiger partial charge on any atom is -0.335 e. The van der Waals surface area contributed by atoms with E-state index in [0.29, 0.717) is 36.0 Å². The highest BCUT2D eigenvalue weighted by molar-refractivity contribution is 5.98. The van der Waals surface area contributed by atoms with Crippen molar-refractivity contribution in [1.29, 1.82) is 0 Å². The van der Waals surface area contributed by atoms with E-state index in [0.717, 1.165) is 24.8 Å². The van der Waals surface area contributed by atoms with Gasteiger partial charge in [0.15, 0.2) is 5.82 Å². The molecule has 156 valence electrons. The monoisotopic (exact) mass is 408 g/mol. The van der Waals surface area contributed by atoms with Gasteiger partial charge in [-0.05, 0) is 44.2 Å². The van der Waals surface area contributed by atoms with Crippen LogP contribution in [-0.4, -0.2) is 48.4 Å². The summed E-state index contributed by atoms with van der Waals surface area (Å²) in [6.07, 6.45) is 8.94. The van der Waals surface area contributed by atoms with Gasteiger partial charge in [0.2, 0.25) is 0 Å². The van der Waals surface area contributed by atoms with Crippen LogP contribution in [0, 0.1) is 18.7 Å². The first kappa shape index (κ1) is 20.1. The molecule has 1 aromatic carbocycles. The Bertz CT molecular complexity index is 1000. The molecule has 2 aromatic heterocycles. The zero-order valence-corrected chi connectivity index (χ0v) is 17.2. The fourth-order valence-electron chi connectivity index (χ4n) is 4.18. The molecule has 0 bridgehead atoms. The van der Waals surface area contributed by atoms with Crippen LogP contribution in [0.3, 0.4) is 0 Å². The number of piperidine rings is 1. The zero-order valence-electron chi connectivity index (χ0n) is 17.2. The fourth-order valence-corrected chi connectivity index (χ4v) is 4.18. The number of carbonyl (C=O) groups excluding carboxylic acids is 1. The number of halogens is 1. The van der Waals surface area contributed by atoms with Crippen LogP contribution >= 0.6 is 0 Å². The summed E-state index contributed by atoms with van der Waals surface area (Å²) in [6, 6.07) is 5.81. The Morgan fingerprint density at radius 2 is 1.93 bits per heavy atom. The molecule has 1 fully saturated rings. The van der Waals surface area contributed by atoms with Crippen LogP contribution in [0.15, 0.2) is 43.0 Å². The van der Waals surface area contributed by atoms with Crippen LogP contribution in [0.25, 0.3) is 5.69 Å². The number of likely N-dealkylation sites (tertiary alicyclic amines) is 1. The summed E-state index contributed by atoms with van der Waals surface area (Å²) < 4.78 is 13.1. The summed E-state index contributed by atoms with van der Waals surface area (Å²) in [5.41, 5.74) is 2.29. The summed E-state index contributed by atoms with van der Waals surface area (Å²) in [4.78, 5) is 25.2. The molecule has 3 heterocycles. The summed E-state index contributed by atoms with van der Waals surface area (Å²) >= 11 is 0. The lowest BCUT2D eigenvalue weighted by molar-refractivity contribution is 0.0498. The summed E-state index contributed by atoms with van der Waals surface area (Å²) in [7, 11) is 0. The quantitative estimate of drug-likeness (QED) is 0.647. The van der Waals surface area contributed by atoms with Crippen LogP contribution < -0.4 is 0 Å². The second kappa shape index (κ2) is 8.69. The number of rotatable bonds is 5. The van der Waals surface area contributed by atoms with Crippen LogP contribution in [0.5, 0.6) is 0 Å². The third-order valence-electron chi connectivity index (χ3n) is 5.73. The van der Waals surface area contributed by atoms with Gasteiger partial charge in [-0.2, -0.15) is 15.0 Å². The number of benzene rings is 1. The van der Waals surface area contributed by atoms with Crippen molar-refractivity contribution < 1.29 is 9.18 Å². The average molecular weight is 408 g/mol. The highest BCUT2D eigenvalue weighted by Crippen LogP contribution is 2.29. The van der Waals surface area contributed by atoms with E-state index in [1.807, 2.05) is 30.0 Å². The van der Waals surface area contributed by atoms with Crippen LogP contribution in [-0.2, 0) is 6.42 Å². The van der Waals surface area contributed by atoms with Gasteiger partial charge in [0, 0.05) is 19.0 Å². The van der Waals surface area contributed by atoms with Gasteiger partial charge in [-0.1, -0.05) is 18.6 Å². The molecule has 8 heteroatoms. The van der Waals surface area contributed by atoms with Crippen molar-refractivity contribution in [3.8, 4) is 5.69 Å². The molecule has 1 amide bonds. The topological polar surface area (TPSA) is 76.8 Å². The number of carbonyl (C=O) groups is 1. The molecule has 1 aliphatic heterocycles. The molecular weight excluding hydrogens is 383 g/mol. The minimum atomic E-state index is -0.444. The highest BCUT2D eigenvalue weighted by Gasteiger charge is 2.33. The van der Waals surface area contributed by atoms with Gasteiger partial charge in [0.05, 0.1) is 36.0 Å². The molecule has 0 saturated carbocycles. The van der Waals surface area contributed by atoms with E-state index < -0.39 is 5.82 Å². The van der Waals surface area contributed by atoms with Crippen molar-refractivity contribution in [2.24, 2.45) is 5.92 Å². The van der Waals surface area contributed by atoms with E-state index in [4.69, 9.17) is 0 Å². The summed E-state index contributed by atoms with van der Waals surface area (Å²) in [5.74, 6) is 0.501. The smallest absolute Gasteiger partial charge is 0.256 e. The summed E-state index contributed by atoms with van der Waals surface area (Å²) in [6.45, 7) is 4.86. The maximum absolute atomic E-state index is 13.7. The van der Waals surface area contributed by atoms with Crippen molar-refractivity contribution in [2.45, 2.75) is 45.6 Å². The van der Waals surface area contributed by atoms with Crippen molar-refractivity contribution >= 4 is 5.91 Å². The van der Waals surface area contributed by atoms with E-state index in [1.54, 1.807) is 12.4 Å². The van der Waals surface area contributed by atoms with Gasteiger partial charge in [-0.15, -0.1) is 0 Å². The maximum atomic E-state index is 13.7. The van der Waals surface area contributed by atoms with Crippen molar-refractivity contribution in [3.63, 3.8) is 0 Å². The van der Waals surface area contributed by atoms with E-state index in [-0.39, 0.29) is 11.9 Å². The largest absolute Gasteiger partial charge is 0.335 e. The van der Waals surface area contributed by atoms with Crippen molar-refractivity contribution in [1.82, 2.24) is 29.9 Å². The first-order valence-corrected chi connectivity index (χ1v) is 10.3. The average Bonchev–Trinajstić information content (AvgIpc) is 3.28. The Labute approximate surface area is 175 Å². The zero-order chi connectivity index (χ0) is 21.1. The van der Waals surface area contributed by atoms with Crippen LogP contribution in [0.1, 0.15) is 47.9 Å². The van der Waals surface area contributed by atoms with Gasteiger partial charge in [-0.3, -0.25) is 4.79 Å². The third-order valence-corrected chi connectivity index (χ3v) is 5.73. The van der Waals surface area contributed by atoms with Crippen LogP contribution in [0.4, 0.5) is 4.39 Å². The van der Waals surface area contributed by atoms with Crippen molar-refractivity contribution in [3.05, 3.63) is 65.8 Å². The molecule has 0 aliphatic carbocycles. The number of aromatic nitrogens is 5. The highest BCUT2D eigenvalue weighted by atomic mass is 19.1. The predicted octanol–water partition coefficient (Wildman–Crippen LogP) is 3.38. The molecule has 1 aliphatic rings. The van der Waals surface area contributed by atoms with Crippen LogP contribution in [0.2, 0.25) is 0 Å². The molecule has 3 aromatic rings. The Kier molecular flexibility index (Phi) is 5.83. The number of amides is 1. The Hall–Kier alpha value is -3.16. The first-order valence-electron chi connectivity index (χ1n) is 10.3. The predicted molar refractivity (Wildman–Crippen MR) is 110 cm³/mol. The van der Waals surface area contributed by atoms with Crippen molar-refractivity contribution in [2.75, 3.05) is 6.54 Å². The SMILES string of the molecule is Cc1ccc(-n2nccn2)c(C(=O)N2CCC[C@@H](C)[C@H]2CCc2ncc(F)cn2)c1. The van der Waals surface area contributed by atoms with E-state index in [2.05, 4.69) is 27.1 Å². The molecule has 7 nitrogen and oxygen atoms in total. The van der Waals surface area contributed by atoms with Gasteiger partial charge >= 0.3 is 0 Å². The van der Waals surface area contributed by atoms with E-state index in [9.17, 15) is 9.18 Å². The summed E-state index contributed by atoms with van der Waals surface area (Å²) in [5, 5.41) is 8.42. The van der Waals surface area contributed by atoms with Gasteiger partial charge in [-0.25, -0.2) is 14.4 Å². The lowest BCUT2D eigenvalue weighted by atomic mass is 9.87. The number of aryl methyl sites for hydroxylation is 2. The molecular formula is C22H25FN6O. The minimum absolute atomic E-state index is 0.0115. The number of nitrogens with zero attached hydrogens (tertiary/aromatic N) is 6. The molecule has 2 atom stereocenters. The number of hydrogen-bond acceptors (Lipinski definition) is 5. The third kappa shape index (κ3) is 4.22. The normalized spacial score (nSPS) is 19.1. The molecule has 0 unspecified atom stereocenters. The molecule has 1 saturated heterocycles. The van der Waals surface area contributed by atoms with E-state index >= 15 is 0 Å². The number of hydrogen-bond donors (Lipinski definition) is 0. The molecule has 30 heavy (non-hydrogen) atoms. The molecule has 0 radical (unpaired) electrons. The van der Waals surface area contributed by atoms with Gasteiger partial charge < -0.3 is 4.90 Å². The second-order valence-corrected chi connectivity index (χ2v) is 7.88. The van der Waals surface area contributed by atoms with E-state index in [1.165, 1.54) is 17.2 Å². The van der Waals surface area contributed by atoms with Gasteiger partial charge in [0.1, 0.15) is 5.82 Å². The maximum Gasteiger partial charge on any atom is 0.256 e. The molecule has 0 spiro atoms. The second-order valence-electron chi connectivity index (χ2n) is 7.88. The first-order chi connectivity index (χ1) is 14.5. The fraction of sp³-hybridized carbons (Fsp3) is 0.409. The Morgan fingerprint density at radius 1 is 1.20 bits per heavy atom. The van der Waals surface area contributed by atoms with Gasteiger partial charge in [0.25, 0.3) is 5.91 Å². The molecule has 0 N–H and O–H groups in total. The standard InChI is InChI=1S/C22H25FN6O/c1-15-5-6-20(29-26-9-10-27-29)18(12-15)22(30)28-11-3-4-16(2)19(28)7-8-21-24-13-17(23)14-25-21/h5-6,9-10,12-14,16,19H,3-4,7-8,11H2,1-2H3/t16-,19-/m1/s1.